The van der Waals surface area contributed by atoms with Gasteiger partial charge >= 0.3 is 5.63 Å². The summed E-state index contributed by atoms with van der Waals surface area (Å²) in [5.74, 6) is -0.244. The Balaban J connectivity index is 1.95. The molecule has 1 aromatic heterocycles. The quantitative estimate of drug-likeness (QED) is 0.756. The molecule has 5 heteroatoms. The second-order valence-corrected chi connectivity index (χ2v) is 6.06. The first-order valence-electron chi connectivity index (χ1n) is 7.51. The number of carbonyl (C=O) groups excluding carboxylic acids is 1. The van der Waals surface area contributed by atoms with Crippen molar-refractivity contribution in [2.75, 3.05) is 20.1 Å². The lowest BCUT2D eigenvalue weighted by molar-refractivity contribution is 0.0411. The van der Waals surface area contributed by atoms with E-state index in [0.717, 1.165) is 5.39 Å². The fourth-order valence-corrected chi connectivity index (χ4v) is 2.95. The van der Waals surface area contributed by atoms with Gasteiger partial charge in [0.05, 0.1) is 0 Å². The molecule has 1 amide bonds. The second-order valence-electron chi connectivity index (χ2n) is 6.06. The van der Waals surface area contributed by atoms with Crippen molar-refractivity contribution in [1.82, 2.24) is 9.80 Å². The zero-order chi connectivity index (χ0) is 15.9. The Hall–Kier alpha value is -2.14. The molecule has 0 saturated carbocycles. The zero-order valence-corrected chi connectivity index (χ0v) is 13.1. The van der Waals surface area contributed by atoms with Crippen molar-refractivity contribution in [1.29, 1.82) is 0 Å². The number of rotatable bonds is 1. The predicted octanol–water partition coefficient (Wildman–Crippen LogP) is 1.96. The second kappa shape index (κ2) is 5.57. The Kier molecular flexibility index (Phi) is 3.74. The first-order chi connectivity index (χ1) is 10.5. The number of hydrogen-bond donors (Lipinski definition) is 0. The van der Waals surface area contributed by atoms with Gasteiger partial charge in [0.15, 0.2) is 0 Å². The van der Waals surface area contributed by atoms with Crippen molar-refractivity contribution in [3.8, 4) is 0 Å². The average Bonchev–Trinajstić information content (AvgIpc) is 2.50. The van der Waals surface area contributed by atoms with Gasteiger partial charge < -0.3 is 9.32 Å². The Labute approximate surface area is 129 Å². The summed E-state index contributed by atoms with van der Waals surface area (Å²) >= 11 is 0. The molecule has 5 nitrogen and oxygen atoms in total. The van der Waals surface area contributed by atoms with Gasteiger partial charge in [0.2, 0.25) is 0 Å². The smallest absolute Gasteiger partial charge is 0.349 e. The summed E-state index contributed by atoms with van der Waals surface area (Å²) in [6, 6.07) is 9.39. The van der Waals surface area contributed by atoms with E-state index in [9.17, 15) is 9.59 Å². The van der Waals surface area contributed by atoms with Crippen LogP contribution in [0.15, 0.2) is 39.5 Å². The number of likely N-dealkylation sites (N-methyl/N-ethyl adjacent to an activating group) is 1. The number of amides is 1. The van der Waals surface area contributed by atoms with Gasteiger partial charge in [-0.05, 0) is 33.0 Å². The predicted molar refractivity (Wildman–Crippen MR) is 85.1 cm³/mol. The molecule has 0 bridgehead atoms. The Bertz CT molecular complexity index is 756. The maximum absolute atomic E-state index is 12.7. The molecule has 1 aromatic carbocycles. The van der Waals surface area contributed by atoms with E-state index in [1.807, 2.05) is 12.1 Å². The van der Waals surface area contributed by atoms with Gasteiger partial charge in [0, 0.05) is 30.6 Å². The first-order valence-corrected chi connectivity index (χ1v) is 7.51. The standard InChI is InChI=1S/C17H20N2O3/c1-11-9-19(10-12(2)18(11)3)16(20)14-8-13-6-4-5-7-15(13)22-17(14)21/h4-8,11-12H,9-10H2,1-3H3. The topological polar surface area (TPSA) is 53.8 Å². The molecule has 2 aromatic rings. The van der Waals surface area contributed by atoms with E-state index in [-0.39, 0.29) is 23.6 Å². The van der Waals surface area contributed by atoms with Gasteiger partial charge in [-0.15, -0.1) is 0 Å². The molecule has 2 unspecified atom stereocenters. The number of benzene rings is 1. The fourth-order valence-electron chi connectivity index (χ4n) is 2.95. The zero-order valence-electron chi connectivity index (χ0n) is 13.1. The average molecular weight is 300 g/mol. The number of nitrogens with zero attached hydrogens (tertiary/aromatic N) is 2. The maximum Gasteiger partial charge on any atom is 0.349 e. The SMILES string of the molecule is CC1CN(C(=O)c2cc3ccccc3oc2=O)CC(C)N1C. The molecule has 1 aliphatic rings. The van der Waals surface area contributed by atoms with Crippen molar-refractivity contribution in [3.05, 3.63) is 46.3 Å². The molecule has 0 N–H and O–H groups in total. The molecule has 3 rings (SSSR count). The van der Waals surface area contributed by atoms with E-state index < -0.39 is 5.63 Å². The first kappa shape index (κ1) is 14.8. The highest BCUT2D eigenvalue weighted by molar-refractivity contribution is 5.96. The van der Waals surface area contributed by atoms with Crippen LogP contribution in [0.5, 0.6) is 0 Å². The maximum atomic E-state index is 12.7. The molecule has 1 saturated heterocycles. The van der Waals surface area contributed by atoms with Crippen molar-refractivity contribution >= 4 is 16.9 Å². The molecule has 22 heavy (non-hydrogen) atoms. The summed E-state index contributed by atoms with van der Waals surface area (Å²) < 4.78 is 5.27. The van der Waals surface area contributed by atoms with Gasteiger partial charge in [0.1, 0.15) is 11.1 Å². The lowest BCUT2D eigenvalue weighted by atomic mass is 10.1. The third kappa shape index (κ3) is 2.52. The number of fused-ring (bicyclic) bond motifs is 1. The van der Waals surface area contributed by atoms with Crippen LogP contribution in [0.25, 0.3) is 11.0 Å². The van der Waals surface area contributed by atoms with Crippen LogP contribution in [0.3, 0.4) is 0 Å². The van der Waals surface area contributed by atoms with Crippen LogP contribution in [-0.2, 0) is 0 Å². The molecular formula is C17H20N2O3. The summed E-state index contributed by atoms with van der Waals surface area (Å²) in [4.78, 5) is 28.8. The van der Waals surface area contributed by atoms with Gasteiger partial charge in [-0.25, -0.2) is 4.79 Å². The third-order valence-corrected chi connectivity index (χ3v) is 4.52. The normalized spacial score (nSPS) is 23.0. The van der Waals surface area contributed by atoms with Crippen LogP contribution in [0.2, 0.25) is 0 Å². The van der Waals surface area contributed by atoms with Gasteiger partial charge in [-0.2, -0.15) is 0 Å². The van der Waals surface area contributed by atoms with Crippen LogP contribution in [-0.4, -0.2) is 47.9 Å². The minimum absolute atomic E-state index is 0.114. The van der Waals surface area contributed by atoms with Crippen LogP contribution < -0.4 is 5.63 Å². The monoisotopic (exact) mass is 300 g/mol. The van der Waals surface area contributed by atoms with E-state index >= 15 is 0 Å². The number of piperazine rings is 1. The highest BCUT2D eigenvalue weighted by atomic mass is 16.4. The van der Waals surface area contributed by atoms with E-state index in [2.05, 4.69) is 25.8 Å². The molecule has 0 radical (unpaired) electrons. The van der Waals surface area contributed by atoms with Crippen LogP contribution >= 0.6 is 0 Å². The molecular weight excluding hydrogens is 280 g/mol. The molecule has 2 atom stereocenters. The number of para-hydroxylation sites is 1. The summed E-state index contributed by atoms with van der Waals surface area (Å²) in [5.41, 5.74) is 0.0507. The molecule has 1 aliphatic heterocycles. The van der Waals surface area contributed by atoms with Gasteiger partial charge in [-0.1, -0.05) is 18.2 Å². The van der Waals surface area contributed by atoms with E-state index in [4.69, 9.17) is 4.42 Å². The molecule has 0 aliphatic carbocycles. The van der Waals surface area contributed by atoms with E-state index in [1.165, 1.54) is 0 Å². The molecule has 2 heterocycles. The highest BCUT2D eigenvalue weighted by Gasteiger charge is 2.31. The Morgan fingerprint density at radius 3 is 2.50 bits per heavy atom. The summed E-state index contributed by atoms with van der Waals surface area (Å²) in [5, 5.41) is 0.765. The van der Waals surface area contributed by atoms with Gasteiger partial charge in [0.25, 0.3) is 5.91 Å². The van der Waals surface area contributed by atoms with Gasteiger partial charge in [-0.3, -0.25) is 9.69 Å². The van der Waals surface area contributed by atoms with Crippen LogP contribution in [0.4, 0.5) is 0 Å². The summed E-state index contributed by atoms with van der Waals surface area (Å²) in [7, 11) is 2.06. The van der Waals surface area contributed by atoms with Crippen LogP contribution in [0, 0.1) is 0 Å². The lowest BCUT2D eigenvalue weighted by Crippen LogP contribution is -2.56. The largest absolute Gasteiger partial charge is 0.422 e. The van der Waals surface area contributed by atoms with E-state index in [1.54, 1.807) is 23.1 Å². The van der Waals surface area contributed by atoms with Crippen molar-refractivity contribution in [2.24, 2.45) is 0 Å². The number of hydrogen-bond acceptors (Lipinski definition) is 4. The minimum atomic E-state index is -0.567. The Morgan fingerprint density at radius 1 is 1.18 bits per heavy atom. The summed E-state index contributed by atoms with van der Waals surface area (Å²) in [6.45, 7) is 5.40. The highest BCUT2D eigenvalue weighted by Crippen LogP contribution is 2.17. The van der Waals surface area contributed by atoms with Crippen molar-refractivity contribution < 1.29 is 9.21 Å². The molecule has 116 valence electrons. The minimum Gasteiger partial charge on any atom is -0.422 e. The van der Waals surface area contributed by atoms with Crippen molar-refractivity contribution in [2.45, 2.75) is 25.9 Å². The number of carbonyl (C=O) groups is 1. The Morgan fingerprint density at radius 2 is 1.82 bits per heavy atom. The molecule has 1 fully saturated rings. The van der Waals surface area contributed by atoms with E-state index in [0.29, 0.717) is 18.7 Å². The summed E-state index contributed by atoms with van der Waals surface area (Å²) in [6.07, 6.45) is 0. The van der Waals surface area contributed by atoms with Crippen molar-refractivity contribution in [3.63, 3.8) is 0 Å². The lowest BCUT2D eigenvalue weighted by Gasteiger charge is -2.42. The van der Waals surface area contributed by atoms with Crippen LogP contribution in [0.1, 0.15) is 24.2 Å². The molecule has 0 spiro atoms. The fraction of sp³-hybridized carbons (Fsp3) is 0.412. The third-order valence-electron chi connectivity index (χ3n) is 4.52.